The quantitative estimate of drug-likeness (QED) is 0.564. The fourth-order valence-corrected chi connectivity index (χ4v) is 3.31. The van der Waals surface area contributed by atoms with Crippen LogP contribution in [0.1, 0.15) is 27.2 Å². The van der Waals surface area contributed by atoms with Gasteiger partial charge in [-0.1, -0.05) is 20.8 Å². The van der Waals surface area contributed by atoms with Gasteiger partial charge in [-0.2, -0.15) is 0 Å². The highest BCUT2D eigenvalue weighted by atomic mass is 79.9. The molecule has 0 aliphatic rings. The number of halogens is 1. The zero-order valence-electron chi connectivity index (χ0n) is 14.6. The zero-order chi connectivity index (χ0) is 17.0. The summed E-state index contributed by atoms with van der Waals surface area (Å²) in [4.78, 5) is 6.10. The first-order valence-corrected chi connectivity index (χ1v) is 11.4. The topological polar surface area (TPSA) is 45.6 Å². The Labute approximate surface area is 144 Å². The Kier molecular flexibility index (Phi) is 7.11. The molecule has 0 amide bonds. The minimum absolute atomic E-state index is 0.227. The summed E-state index contributed by atoms with van der Waals surface area (Å²) in [6, 6.07) is 1.97. The molecule has 0 bridgehead atoms. The lowest BCUT2D eigenvalue weighted by Crippen LogP contribution is -2.42. The monoisotopic (exact) mass is 386 g/mol. The average molecular weight is 387 g/mol. The van der Waals surface area contributed by atoms with Gasteiger partial charge >= 0.3 is 7.05 Å². The van der Waals surface area contributed by atoms with E-state index in [1.54, 1.807) is 19.2 Å². The molecule has 1 heterocycles. The van der Waals surface area contributed by atoms with Crippen LogP contribution >= 0.6 is 15.9 Å². The Balaban J connectivity index is 2.57. The van der Waals surface area contributed by atoms with E-state index in [1.807, 2.05) is 10.9 Å². The third-order valence-corrected chi connectivity index (χ3v) is 9.26. The standard InChI is InChI=1S/C15H28BBrN2O2Si/c1-15(2,3)22(5,6)21-9-7-8-19(16(4)20)14-10-13(17)11-18-12-14/h10-12,20H,7-9H2,1-6H3. The molecular weight excluding hydrogens is 359 g/mol. The molecule has 0 aromatic carbocycles. The molecule has 0 saturated heterocycles. The fraction of sp³-hybridized carbons (Fsp3) is 0.667. The van der Waals surface area contributed by atoms with Crippen LogP contribution in [0.4, 0.5) is 5.69 Å². The van der Waals surface area contributed by atoms with Gasteiger partial charge in [-0.25, -0.2) is 0 Å². The maximum atomic E-state index is 10.00. The summed E-state index contributed by atoms with van der Waals surface area (Å²) < 4.78 is 7.10. The molecular formula is C15H28BBrN2O2Si. The Morgan fingerprint density at radius 3 is 2.50 bits per heavy atom. The van der Waals surface area contributed by atoms with Crippen molar-refractivity contribution in [2.45, 2.75) is 52.1 Å². The van der Waals surface area contributed by atoms with Gasteiger partial charge in [0.15, 0.2) is 8.32 Å². The van der Waals surface area contributed by atoms with Crippen molar-refractivity contribution in [3.63, 3.8) is 0 Å². The Bertz CT molecular complexity index is 481. The van der Waals surface area contributed by atoms with E-state index < -0.39 is 15.4 Å². The Morgan fingerprint density at radius 1 is 1.36 bits per heavy atom. The van der Waals surface area contributed by atoms with Gasteiger partial charge in [0, 0.05) is 35.7 Å². The van der Waals surface area contributed by atoms with Gasteiger partial charge in [-0.15, -0.1) is 0 Å². The lowest BCUT2D eigenvalue weighted by molar-refractivity contribution is 0.284. The first-order valence-electron chi connectivity index (χ1n) is 7.74. The minimum atomic E-state index is -1.69. The number of rotatable bonds is 7. The van der Waals surface area contributed by atoms with Crippen molar-refractivity contribution in [3.05, 3.63) is 22.9 Å². The zero-order valence-corrected chi connectivity index (χ0v) is 17.1. The first kappa shape index (κ1) is 19.7. The van der Waals surface area contributed by atoms with Crippen molar-refractivity contribution in [2.24, 2.45) is 0 Å². The van der Waals surface area contributed by atoms with Gasteiger partial charge in [0.05, 0.1) is 0 Å². The second kappa shape index (κ2) is 7.95. The van der Waals surface area contributed by atoms with E-state index in [0.717, 1.165) is 29.7 Å². The Morgan fingerprint density at radius 2 is 2.00 bits per heavy atom. The molecule has 1 aromatic rings. The highest BCUT2D eigenvalue weighted by Crippen LogP contribution is 2.36. The molecule has 0 atom stereocenters. The van der Waals surface area contributed by atoms with Crippen LogP contribution in [-0.4, -0.2) is 38.5 Å². The van der Waals surface area contributed by atoms with Crippen LogP contribution in [0.3, 0.4) is 0 Å². The van der Waals surface area contributed by atoms with Crippen LogP contribution in [0.5, 0.6) is 0 Å². The molecule has 22 heavy (non-hydrogen) atoms. The van der Waals surface area contributed by atoms with Gasteiger partial charge in [-0.3, -0.25) is 4.98 Å². The predicted octanol–water partition coefficient (Wildman–Crippen LogP) is 4.17. The van der Waals surface area contributed by atoms with E-state index in [1.165, 1.54) is 0 Å². The van der Waals surface area contributed by atoms with Gasteiger partial charge in [-0.05, 0) is 53.4 Å². The summed E-state index contributed by atoms with van der Waals surface area (Å²) in [5, 5.41) is 10.2. The highest BCUT2D eigenvalue weighted by Gasteiger charge is 2.36. The molecule has 1 rings (SSSR count). The number of anilines is 1. The third kappa shape index (κ3) is 5.68. The van der Waals surface area contributed by atoms with Crippen LogP contribution in [0, 0.1) is 0 Å². The summed E-state index contributed by atoms with van der Waals surface area (Å²) >= 11 is 3.42. The highest BCUT2D eigenvalue weighted by molar-refractivity contribution is 9.10. The third-order valence-electron chi connectivity index (χ3n) is 4.29. The molecule has 0 aliphatic heterocycles. The van der Waals surface area contributed by atoms with Crippen LogP contribution in [0.15, 0.2) is 22.9 Å². The van der Waals surface area contributed by atoms with E-state index >= 15 is 0 Å². The summed E-state index contributed by atoms with van der Waals surface area (Å²) in [7, 11) is -2.25. The molecule has 1 aromatic heterocycles. The van der Waals surface area contributed by atoms with Crippen molar-refractivity contribution < 1.29 is 9.45 Å². The first-order chi connectivity index (χ1) is 10.0. The van der Waals surface area contributed by atoms with Crippen molar-refractivity contribution in [1.29, 1.82) is 0 Å². The molecule has 124 valence electrons. The maximum absolute atomic E-state index is 10.00. The van der Waals surface area contributed by atoms with Crippen LogP contribution in [-0.2, 0) is 4.43 Å². The van der Waals surface area contributed by atoms with Crippen LogP contribution < -0.4 is 4.81 Å². The largest absolute Gasteiger partial charge is 0.432 e. The van der Waals surface area contributed by atoms with E-state index in [4.69, 9.17) is 4.43 Å². The fourth-order valence-electron chi connectivity index (χ4n) is 1.87. The molecule has 0 spiro atoms. The van der Waals surface area contributed by atoms with Gasteiger partial charge in [0.2, 0.25) is 0 Å². The number of hydrogen-bond acceptors (Lipinski definition) is 4. The molecule has 1 N–H and O–H groups in total. The van der Waals surface area contributed by atoms with Crippen molar-refractivity contribution in [1.82, 2.24) is 4.98 Å². The Hall–Kier alpha value is -0.368. The molecule has 0 fully saturated rings. The lowest BCUT2D eigenvalue weighted by Gasteiger charge is -2.36. The van der Waals surface area contributed by atoms with E-state index in [2.05, 4.69) is 54.8 Å². The van der Waals surface area contributed by atoms with Gasteiger partial charge in [0.25, 0.3) is 0 Å². The second-order valence-corrected chi connectivity index (χ2v) is 12.9. The number of nitrogens with zero attached hydrogens (tertiary/aromatic N) is 2. The van der Waals surface area contributed by atoms with Gasteiger partial charge in [0.1, 0.15) is 0 Å². The summed E-state index contributed by atoms with van der Waals surface area (Å²) in [5.41, 5.74) is 0.914. The van der Waals surface area contributed by atoms with E-state index in [-0.39, 0.29) is 5.04 Å². The van der Waals surface area contributed by atoms with Crippen molar-refractivity contribution in [3.8, 4) is 0 Å². The SMILES string of the molecule is CB(O)N(CCCO[Si](C)(C)C(C)(C)C)c1cncc(Br)c1. The van der Waals surface area contributed by atoms with Crippen molar-refractivity contribution in [2.75, 3.05) is 18.0 Å². The molecule has 0 saturated carbocycles. The molecule has 0 radical (unpaired) electrons. The van der Waals surface area contributed by atoms with Gasteiger partial charge < -0.3 is 14.3 Å². The smallest absolute Gasteiger partial charge is 0.409 e. The summed E-state index contributed by atoms with van der Waals surface area (Å²) in [5.74, 6) is 0. The number of pyridine rings is 1. The predicted molar refractivity (Wildman–Crippen MR) is 101 cm³/mol. The summed E-state index contributed by atoms with van der Waals surface area (Å²) in [6.07, 6.45) is 4.39. The van der Waals surface area contributed by atoms with Crippen LogP contribution in [0.25, 0.3) is 0 Å². The molecule has 7 heteroatoms. The second-order valence-electron chi connectivity index (χ2n) is 7.15. The molecule has 4 nitrogen and oxygen atoms in total. The normalized spacial score (nSPS) is 12.4. The summed E-state index contributed by atoms with van der Waals surface area (Å²) in [6.45, 7) is 14.5. The van der Waals surface area contributed by atoms with Crippen molar-refractivity contribution >= 4 is 37.0 Å². The van der Waals surface area contributed by atoms with Crippen LogP contribution in [0.2, 0.25) is 25.0 Å². The number of hydrogen-bond donors (Lipinski definition) is 1. The maximum Gasteiger partial charge on any atom is 0.409 e. The van der Waals surface area contributed by atoms with E-state index in [9.17, 15) is 5.02 Å². The molecule has 0 unspecified atom stereocenters. The lowest BCUT2D eigenvalue weighted by atomic mass is 9.84. The average Bonchev–Trinajstić information content (AvgIpc) is 2.36. The molecule has 0 aliphatic carbocycles. The number of aromatic nitrogens is 1. The van der Waals surface area contributed by atoms with E-state index in [0.29, 0.717) is 0 Å². The minimum Gasteiger partial charge on any atom is -0.432 e.